The quantitative estimate of drug-likeness (QED) is 0.173. The van der Waals surface area contributed by atoms with Crippen LogP contribution in [0.3, 0.4) is 0 Å². The molecule has 1 unspecified atom stereocenters. The minimum absolute atomic E-state index is 0.0924. The van der Waals surface area contributed by atoms with Gasteiger partial charge in [-0.2, -0.15) is 0 Å². The van der Waals surface area contributed by atoms with Crippen molar-refractivity contribution in [2.45, 2.75) is 16.6 Å². The lowest BCUT2D eigenvalue weighted by Crippen LogP contribution is -2.71. The topological polar surface area (TPSA) is 191 Å². The number of thioether (sulfide) groups is 2. The zero-order valence-electron chi connectivity index (χ0n) is 17.9. The van der Waals surface area contributed by atoms with E-state index in [9.17, 15) is 19.5 Å². The smallest absolute Gasteiger partial charge is 0.352 e. The van der Waals surface area contributed by atoms with Crippen molar-refractivity contribution >= 4 is 52.8 Å². The van der Waals surface area contributed by atoms with Crippen LogP contribution in [0.15, 0.2) is 39.8 Å². The highest BCUT2D eigenvalue weighted by molar-refractivity contribution is 8.01. The summed E-state index contributed by atoms with van der Waals surface area (Å²) in [7, 11) is 2.94. The molecule has 2 aromatic heterocycles. The normalized spacial score (nSPS) is 20.0. The first-order valence-electron chi connectivity index (χ1n) is 9.72. The number of carboxylic acids is 1. The second-order valence-electron chi connectivity index (χ2n) is 7.06. The molecule has 2 amide bonds. The van der Waals surface area contributed by atoms with Gasteiger partial charge in [0.2, 0.25) is 5.16 Å². The molecule has 4 heterocycles. The molecule has 0 radical (unpaired) electrons. The van der Waals surface area contributed by atoms with Gasteiger partial charge in [0.15, 0.2) is 5.71 Å². The summed E-state index contributed by atoms with van der Waals surface area (Å²) in [5.41, 5.74) is 6.16. The van der Waals surface area contributed by atoms with E-state index in [4.69, 9.17) is 10.6 Å². The zero-order chi connectivity index (χ0) is 24.4. The van der Waals surface area contributed by atoms with Crippen LogP contribution in [-0.2, 0) is 26.3 Å². The average Bonchev–Trinajstić information content (AvgIpc) is 3.23. The monoisotopic (exact) mass is 505 g/mol. The fraction of sp³-hybridized carbons (Fsp3) is 0.333. The van der Waals surface area contributed by atoms with Gasteiger partial charge in [0.05, 0.1) is 0 Å². The Morgan fingerprint density at radius 3 is 2.88 bits per heavy atom. The summed E-state index contributed by atoms with van der Waals surface area (Å²) in [4.78, 5) is 47.8. The van der Waals surface area contributed by atoms with Gasteiger partial charge < -0.3 is 21.0 Å². The number of carboxylic acid groups (broad SMARTS) is 1. The molecule has 4 N–H and O–H groups in total. The van der Waals surface area contributed by atoms with E-state index in [-0.39, 0.29) is 22.9 Å². The van der Waals surface area contributed by atoms with Crippen LogP contribution >= 0.6 is 23.5 Å². The Hall–Kier alpha value is -3.66. The van der Waals surface area contributed by atoms with Gasteiger partial charge in [0.25, 0.3) is 11.8 Å². The van der Waals surface area contributed by atoms with Crippen molar-refractivity contribution in [3.05, 3.63) is 35.2 Å². The maximum Gasteiger partial charge on any atom is 0.352 e. The summed E-state index contributed by atoms with van der Waals surface area (Å²) in [6.45, 7) is 0. The number of nitrogen functional groups attached to an aromatic ring is 1. The number of nitrogens with one attached hydrogen (secondary N) is 1. The van der Waals surface area contributed by atoms with Gasteiger partial charge in [-0.1, -0.05) is 23.0 Å². The molecule has 0 saturated carbocycles. The number of fused-ring (bicyclic) bond motifs is 1. The van der Waals surface area contributed by atoms with E-state index in [1.807, 2.05) is 0 Å². The molecular formula is C18H19N9O5S2. The number of pyridine rings is 1. The van der Waals surface area contributed by atoms with Crippen LogP contribution in [0.2, 0.25) is 0 Å². The lowest BCUT2D eigenvalue weighted by atomic mass is 10.0. The second kappa shape index (κ2) is 9.68. The van der Waals surface area contributed by atoms with Gasteiger partial charge >= 0.3 is 5.97 Å². The highest BCUT2D eigenvalue weighted by Crippen LogP contribution is 2.41. The molecule has 1 fully saturated rings. The van der Waals surface area contributed by atoms with Crippen LogP contribution in [0.5, 0.6) is 0 Å². The SMILES string of the molecule is CO/N=C(\C(=O)NC1C(=O)N2C(C(=O)O)=C(CSc3nnnn3C)CS[C@H]12)c1cccc(N)n1. The maximum atomic E-state index is 12.9. The number of tetrazole rings is 1. The van der Waals surface area contributed by atoms with Crippen molar-refractivity contribution in [3.8, 4) is 0 Å². The number of aromatic nitrogens is 5. The molecule has 4 rings (SSSR count). The number of aliphatic carboxylic acids is 1. The van der Waals surface area contributed by atoms with E-state index in [1.165, 1.54) is 46.3 Å². The number of rotatable bonds is 8. The van der Waals surface area contributed by atoms with E-state index < -0.39 is 29.2 Å². The van der Waals surface area contributed by atoms with E-state index in [0.717, 1.165) is 0 Å². The van der Waals surface area contributed by atoms with Crippen LogP contribution in [0.4, 0.5) is 5.82 Å². The number of β-lactam (4-membered cyclic amide) rings is 1. The largest absolute Gasteiger partial charge is 0.477 e. The standard InChI is InChI=1S/C18H19N9O5S2/c1-26-18(22-24-25-26)34-7-8-6-33-16-12(15(29)27(16)13(8)17(30)31)21-14(28)11(23-32-2)9-4-3-5-10(19)20-9/h3-5,12,16H,6-7H2,1-2H3,(H2,19,20)(H,21,28)(H,30,31)/b23-11-/t12?,16-/m1/s1. The number of carbonyl (C=O) groups is 3. The molecule has 2 aliphatic heterocycles. The number of nitrogens with two attached hydrogens (primary N) is 1. The lowest BCUT2D eigenvalue weighted by Gasteiger charge is -2.49. The third-order valence-corrected chi connectivity index (χ3v) is 7.34. The minimum atomic E-state index is -1.22. The molecule has 14 nitrogen and oxygen atoms in total. The number of hydrogen-bond acceptors (Lipinski definition) is 12. The molecule has 1 saturated heterocycles. The highest BCUT2D eigenvalue weighted by Gasteiger charge is 2.54. The summed E-state index contributed by atoms with van der Waals surface area (Å²) < 4.78 is 1.47. The Balaban J connectivity index is 1.50. The predicted molar refractivity (Wildman–Crippen MR) is 121 cm³/mol. The Morgan fingerprint density at radius 2 is 2.24 bits per heavy atom. The van der Waals surface area contributed by atoms with Crippen LogP contribution in [0, 0.1) is 0 Å². The van der Waals surface area contributed by atoms with Crippen molar-refractivity contribution in [3.63, 3.8) is 0 Å². The van der Waals surface area contributed by atoms with Gasteiger partial charge in [0.1, 0.15) is 35.7 Å². The Kier molecular flexibility index (Phi) is 6.69. The molecule has 16 heteroatoms. The first-order chi connectivity index (χ1) is 16.3. The lowest BCUT2D eigenvalue weighted by molar-refractivity contribution is -0.150. The molecule has 0 spiro atoms. The second-order valence-corrected chi connectivity index (χ2v) is 9.11. The van der Waals surface area contributed by atoms with Crippen molar-refractivity contribution in [2.24, 2.45) is 12.2 Å². The van der Waals surface area contributed by atoms with Crippen LogP contribution in [0.1, 0.15) is 5.69 Å². The number of carbonyl (C=O) groups excluding carboxylic acids is 2. The number of hydrogen-bond donors (Lipinski definition) is 3. The van der Waals surface area contributed by atoms with E-state index in [2.05, 4.69) is 31.0 Å². The van der Waals surface area contributed by atoms with Crippen molar-refractivity contribution in [1.29, 1.82) is 0 Å². The molecular weight excluding hydrogens is 486 g/mol. The summed E-state index contributed by atoms with van der Waals surface area (Å²) in [5.74, 6) is -1.63. The van der Waals surface area contributed by atoms with Gasteiger partial charge in [0, 0.05) is 18.6 Å². The Morgan fingerprint density at radius 1 is 1.44 bits per heavy atom. The number of amides is 2. The number of anilines is 1. The zero-order valence-corrected chi connectivity index (χ0v) is 19.5. The maximum absolute atomic E-state index is 12.9. The first kappa shape index (κ1) is 23.5. The molecule has 0 aliphatic carbocycles. The van der Waals surface area contributed by atoms with Gasteiger partial charge in [-0.25, -0.2) is 14.5 Å². The number of nitrogens with zero attached hydrogens (tertiary/aromatic N) is 7. The molecule has 0 bridgehead atoms. The Labute approximate surface area is 201 Å². The molecule has 2 atom stereocenters. The summed E-state index contributed by atoms with van der Waals surface area (Å²) in [5, 5.41) is 27.2. The van der Waals surface area contributed by atoms with E-state index in [1.54, 1.807) is 19.2 Å². The van der Waals surface area contributed by atoms with Gasteiger partial charge in [-0.05, 0) is 28.1 Å². The Bertz CT molecular complexity index is 1210. The first-order valence-corrected chi connectivity index (χ1v) is 11.7. The molecule has 178 valence electrons. The molecule has 0 aromatic carbocycles. The van der Waals surface area contributed by atoms with Crippen molar-refractivity contribution in [1.82, 2.24) is 35.4 Å². The fourth-order valence-corrected chi connectivity index (χ4v) is 5.71. The molecule has 34 heavy (non-hydrogen) atoms. The third-order valence-electron chi connectivity index (χ3n) is 4.90. The number of aryl methyl sites for hydroxylation is 1. The molecule has 2 aliphatic rings. The van der Waals surface area contributed by atoms with E-state index in [0.29, 0.717) is 22.2 Å². The predicted octanol–water partition coefficient (Wildman–Crippen LogP) is -0.931. The van der Waals surface area contributed by atoms with Crippen molar-refractivity contribution < 1.29 is 24.3 Å². The van der Waals surface area contributed by atoms with Crippen LogP contribution in [-0.4, -0.2) is 88.7 Å². The highest BCUT2D eigenvalue weighted by atomic mass is 32.2. The summed E-state index contributed by atoms with van der Waals surface area (Å²) >= 11 is 2.62. The van der Waals surface area contributed by atoms with Crippen molar-refractivity contribution in [2.75, 3.05) is 24.3 Å². The fourth-order valence-electron chi connectivity index (χ4n) is 3.38. The van der Waals surface area contributed by atoms with Gasteiger partial charge in [-0.15, -0.1) is 16.9 Å². The van der Waals surface area contributed by atoms with Gasteiger partial charge in [-0.3, -0.25) is 14.5 Å². The summed E-state index contributed by atoms with van der Waals surface area (Å²) in [6, 6.07) is 3.74. The third kappa shape index (κ3) is 4.41. The van der Waals surface area contributed by atoms with Crippen LogP contribution < -0.4 is 11.1 Å². The van der Waals surface area contributed by atoms with Crippen LogP contribution in [0.25, 0.3) is 0 Å². The molecule has 2 aromatic rings. The van der Waals surface area contributed by atoms with E-state index >= 15 is 0 Å². The summed E-state index contributed by atoms with van der Waals surface area (Å²) in [6.07, 6.45) is 0. The number of oxime groups is 1. The minimum Gasteiger partial charge on any atom is -0.477 e. The average molecular weight is 506 g/mol.